The van der Waals surface area contributed by atoms with E-state index in [1.807, 2.05) is 30.3 Å². The maximum atomic E-state index is 11.8. The molecule has 0 spiro atoms. The zero-order valence-corrected chi connectivity index (χ0v) is 13.8. The molecular weight excluding hydrogens is 318 g/mol. The van der Waals surface area contributed by atoms with Crippen molar-refractivity contribution in [2.24, 2.45) is 0 Å². The van der Waals surface area contributed by atoms with Gasteiger partial charge in [0.25, 0.3) is 0 Å². The number of sulfone groups is 1. The van der Waals surface area contributed by atoms with Crippen molar-refractivity contribution >= 4 is 33.0 Å². The van der Waals surface area contributed by atoms with Gasteiger partial charge < -0.3 is 10.0 Å². The standard InChI is InChI=1S/C16H17NO3S2/c1-22(19,20)12-7-8-14-16(11-12)21-15-6-3-2-5-13(15)17(14)9-4-10-18/h2-3,5-8,11,18H,4,9-10H2,1H3. The number of aliphatic hydroxyl groups excluding tert-OH is 1. The minimum atomic E-state index is -3.22. The monoisotopic (exact) mass is 335 g/mol. The first-order chi connectivity index (χ1) is 10.5. The molecule has 116 valence electrons. The molecule has 0 atom stereocenters. The number of hydrogen-bond acceptors (Lipinski definition) is 5. The van der Waals surface area contributed by atoms with E-state index in [1.165, 1.54) is 6.26 Å². The molecule has 2 aromatic carbocycles. The fraction of sp³-hybridized carbons (Fsp3) is 0.250. The third-order valence-corrected chi connectivity index (χ3v) is 5.79. The number of aliphatic hydroxyl groups is 1. The summed E-state index contributed by atoms with van der Waals surface area (Å²) in [7, 11) is -3.22. The molecule has 22 heavy (non-hydrogen) atoms. The first-order valence-corrected chi connectivity index (χ1v) is 9.71. The van der Waals surface area contributed by atoms with Crippen molar-refractivity contribution in [1.29, 1.82) is 0 Å². The highest BCUT2D eigenvalue weighted by Crippen LogP contribution is 2.48. The van der Waals surface area contributed by atoms with Gasteiger partial charge >= 0.3 is 0 Å². The lowest BCUT2D eigenvalue weighted by molar-refractivity contribution is 0.290. The van der Waals surface area contributed by atoms with Crippen LogP contribution >= 0.6 is 11.8 Å². The molecule has 1 heterocycles. The Bertz CT molecular complexity index is 803. The number of rotatable bonds is 4. The van der Waals surface area contributed by atoms with E-state index in [0.29, 0.717) is 17.9 Å². The summed E-state index contributed by atoms with van der Waals surface area (Å²) in [6, 6.07) is 13.3. The molecule has 0 unspecified atom stereocenters. The van der Waals surface area contributed by atoms with E-state index < -0.39 is 9.84 Å². The highest BCUT2D eigenvalue weighted by atomic mass is 32.2. The van der Waals surface area contributed by atoms with E-state index >= 15 is 0 Å². The van der Waals surface area contributed by atoms with Crippen molar-refractivity contribution in [2.75, 3.05) is 24.3 Å². The van der Waals surface area contributed by atoms with Crippen LogP contribution in [0.4, 0.5) is 11.4 Å². The molecule has 1 aliphatic rings. The van der Waals surface area contributed by atoms with E-state index in [9.17, 15) is 8.42 Å². The Labute approximate surface area is 134 Å². The topological polar surface area (TPSA) is 57.6 Å². The Morgan fingerprint density at radius 1 is 1.09 bits per heavy atom. The van der Waals surface area contributed by atoms with Gasteiger partial charge in [-0.2, -0.15) is 0 Å². The minimum absolute atomic E-state index is 0.128. The van der Waals surface area contributed by atoms with Crippen LogP contribution in [0.1, 0.15) is 6.42 Å². The van der Waals surface area contributed by atoms with Crippen LogP contribution < -0.4 is 4.90 Å². The number of para-hydroxylation sites is 1. The lowest BCUT2D eigenvalue weighted by Crippen LogP contribution is -2.22. The summed E-state index contributed by atoms with van der Waals surface area (Å²) in [5.74, 6) is 0. The second-order valence-corrected chi connectivity index (χ2v) is 8.30. The second-order valence-electron chi connectivity index (χ2n) is 5.20. The van der Waals surface area contributed by atoms with Crippen molar-refractivity contribution in [3.8, 4) is 0 Å². The van der Waals surface area contributed by atoms with Crippen LogP contribution in [0.5, 0.6) is 0 Å². The van der Waals surface area contributed by atoms with E-state index in [0.717, 1.165) is 21.2 Å². The minimum Gasteiger partial charge on any atom is -0.396 e. The van der Waals surface area contributed by atoms with Gasteiger partial charge in [-0.15, -0.1) is 0 Å². The first kappa shape index (κ1) is 15.4. The van der Waals surface area contributed by atoms with Crippen molar-refractivity contribution < 1.29 is 13.5 Å². The molecule has 3 rings (SSSR count). The number of nitrogens with zero attached hydrogens (tertiary/aromatic N) is 1. The lowest BCUT2D eigenvalue weighted by Gasteiger charge is -2.32. The number of hydrogen-bond donors (Lipinski definition) is 1. The fourth-order valence-electron chi connectivity index (χ4n) is 2.51. The van der Waals surface area contributed by atoms with E-state index in [2.05, 4.69) is 4.90 Å². The van der Waals surface area contributed by atoms with Crippen LogP contribution in [0.3, 0.4) is 0 Å². The van der Waals surface area contributed by atoms with Crippen LogP contribution in [0.2, 0.25) is 0 Å². The van der Waals surface area contributed by atoms with Crippen molar-refractivity contribution in [3.63, 3.8) is 0 Å². The molecule has 0 bridgehead atoms. The highest BCUT2D eigenvalue weighted by molar-refractivity contribution is 7.99. The summed E-state index contributed by atoms with van der Waals surface area (Å²) in [6.45, 7) is 0.821. The normalized spacial score (nSPS) is 13.6. The summed E-state index contributed by atoms with van der Waals surface area (Å²) in [6.07, 6.45) is 1.88. The highest BCUT2D eigenvalue weighted by Gasteiger charge is 2.24. The maximum Gasteiger partial charge on any atom is 0.175 e. The van der Waals surface area contributed by atoms with Gasteiger partial charge in [0.15, 0.2) is 9.84 Å². The molecule has 0 aliphatic carbocycles. The molecule has 0 saturated heterocycles. The van der Waals surface area contributed by atoms with Crippen LogP contribution in [0.15, 0.2) is 57.2 Å². The van der Waals surface area contributed by atoms with Gasteiger partial charge in [0, 0.05) is 29.2 Å². The van der Waals surface area contributed by atoms with Gasteiger partial charge in [0.05, 0.1) is 16.3 Å². The molecule has 4 nitrogen and oxygen atoms in total. The largest absolute Gasteiger partial charge is 0.396 e. The molecule has 0 radical (unpaired) electrons. The van der Waals surface area contributed by atoms with Gasteiger partial charge in [-0.05, 0) is 36.8 Å². The molecule has 0 saturated carbocycles. The predicted octanol–water partition coefficient (Wildman–Crippen LogP) is 3.08. The zero-order valence-electron chi connectivity index (χ0n) is 12.2. The third-order valence-electron chi connectivity index (χ3n) is 3.57. The zero-order chi connectivity index (χ0) is 15.7. The summed E-state index contributed by atoms with van der Waals surface area (Å²) in [4.78, 5) is 4.50. The van der Waals surface area contributed by atoms with Crippen LogP contribution in [-0.4, -0.2) is 32.9 Å². The molecule has 0 fully saturated rings. The predicted molar refractivity (Wildman–Crippen MR) is 88.8 cm³/mol. The number of anilines is 2. The van der Waals surface area contributed by atoms with Crippen molar-refractivity contribution in [2.45, 2.75) is 21.1 Å². The van der Waals surface area contributed by atoms with Gasteiger partial charge in [0.1, 0.15) is 0 Å². The van der Waals surface area contributed by atoms with Crippen LogP contribution in [0.25, 0.3) is 0 Å². The number of benzene rings is 2. The summed E-state index contributed by atoms with van der Waals surface area (Å²) < 4.78 is 23.5. The van der Waals surface area contributed by atoms with Gasteiger partial charge in [-0.1, -0.05) is 23.9 Å². The Morgan fingerprint density at radius 2 is 1.82 bits per heavy atom. The Morgan fingerprint density at radius 3 is 2.55 bits per heavy atom. The fourth-order valence-corrected chi connectivity index (χ4v) is 4.37. The van der Waals surface area contributed by atoms with E-state index in [-0.39, 0.29) is 6.61 Å². The molecule has 1 aliphatic heterocycles. The van der Waals surface area contributed by atoms with E-state index in [4.69, 9.17) is 5.11 Å². The Balaban J connectivity index is 2.10. The Kier molecular flexibility index (Phi) is 4.16. The smallest absolute Gasteiger partial charge is 0.175 e. The van der Waals surface area contributed by atoms with Crippen molar-refractivity contribution in [3.05, 3.63) is 42.5 Å². The van der Waals surface area contributed by atoms with Gasteiger partial charge in [-0.25, -0.2) is 8.42 Å². The summed E-state index contributed by atoms with van der Waals surface area (Å²) in [5.41, 5.74) is 2.09. The molecule has 1 N–H and O–H groups in total. The summed E-state index contributed by atoms with van der Waals surface area (Å²) >= 11 is 1.58. The molecule has 0 aromatic heterocycles. The van der Waals surface area contributed by atoms with E-state index in [1.54, 1.807) is 23.9 Å². The molecule has 6 heteroatoms. The van der Waals surface area contributed by atoms with Crippen molar-refractivity contribution in [1.82, 2.24) is 0 Å². The molecule has 2 aromatic rings. The Hall–Kier alpha value is -1.50. The average Bonchev–Trinajstić information content (AvgIpc) is 2.50. The van der Waals surface area contributed by atoms with Gasteiger partial charge in [-0.3, -0.25) is 0 Å². The SMILES string of the molecule is CS(=O)(=O)c1ccc2c(c1)Sc1ccccc1N2CCCO. The lowest BCUT2D eigenvalue weighted by atomic mass is 10.2. The third kappa shape index (κ3) is 2.86. The molecular formula is C16H17NO3S2. The summed E-state index contributed by atoms with van der Waals surface area (Å²) in [5, 5.41) is 9.13. The first-order valence-electron chi connectivity index (χ1n) is 7.00. The van der Waals surface area contributed by atoms with Gasteiger partial charge in [0.2, 0.25) is 0 Å². The average molecular weight is 335 g/mol. The van der Waals surface area contributed by atoms with Crippen LogP contribution in [-0.2, 0) is 9.84 Å². The second kappa shape index (κ2) is 5.95. The number of fused-ring (bicyclic) bond motifs is 2. The quantitative estimate of drug-likeness (QED) is 0.930. The maximum absolute atomic E-state index is 11.8. The molecule has 0 amide bonds. The van der Waals surface area contributed by atoms with Crippen LogP contribution in [0, 0.1) is 0 Å².